The summed E-state index contributed by atoms with van der Waals surface area (Å²) in [6.45, 7) is 2.05. The molecule has 2 aliphatic heterocycles. The third-order valence-electron chi connectivity index (χ3n) is 4.07. The maximum absolute atomic E-state index is 12.7. The van der Waals surface area contributed by atoms with Gasteiger partial charge in [-0.15, -0.1) is 0 Å². The van der Waals surface area contributed by atoms with Crippen LogP contribution in [0.5, 0.6) is 11.5 Å². The highest BCUT2D eigenvalue weighted by Gasteiger charge is 2.34. The number of rotatable bonds is 3. The summed E-state index contributed by atoms with van der Waals surface area (Å²) in [4.78, 5) is 25.6. The minimum Gasteiger partial charge on any atom is -0.454 e. The van der Waals surface area contributed by atoms with Gasteiger partial charge >= 0.3 is 0 Å². The molecular formula is C19H13ClN2O4S2. The van der Waals surface area contributed by atoms with Crippen molar-refractivity contribution in [2.75, 3.05) is 6.79 Å². The van der Waals surface area contributed by atoms with Crippen LogP contribution in [0.4, 0.5) is 0 Å². The number of halogens is 1. The van der Waals surface area contributed by atoms with Crippen molar-refractivity contribution >= 4 is 57.8 Å². The van der Waals surface area contributed by atoms with Gasteiger partial charge in [0, 0.05) is 0 Å². The summed E-state index contributed by atoms with van der Waals surface area (Å²) in [5.41, 5.74) is 4.48. The highest BCUT2D eigenvalue weighted by molar-refractivity contribution is 8.26. The number of hydrogen-bond acceptors (Lipinski definition) is 6. The summed E-state index contributed by atoms with van der Waals surface area (Å²) in [6.07, 6.45) is 1.69. The maximum Gasteiger partial charge on any atom is 0.285 e. The van der Waals surface area contributed by atoms with E-state index in [1.165, 1.54) is 0 Å². The van der Waals surface area contributed by atoms with Crippen LogP contribution in [-0.2, 0) is 4.79 Å². The Morgan fingerprint density at radius 2 is 2.04 bits per heavy atom. The van der Waals surface area contributed by atoms with E-state index in [2.05, 4.69) is 5.43 Å². The summed E-state index contributed by atoms with van der Waals surface area (Å²) >= 11 is 12.5. The molecule has 0 aliphatic carbocycles. The lowest BCUT2D eigenvalue weighted by atomic mass is 10.1. The number of carbonyl (C=O) groups excluding carboxylic acids is 2. The third-order valence-corrected chi connectivity index (χ3v) is 5.69. The number of thioether (sulfide) groups is 1. The molecule has 1 fully saturated rings. The molecule has 0 radical (unpaired) electrons. The van der Waals surface area contributed by atoms with Crippen LogP contribution >= 0.6 is 35.6 Å². The summed E-state index contributed by atoms with van der Waals surface area (Å²) < 4.78 is 10.9. The van der Waals surface area contributed by atoms with Gasteiger partial charge in [0.15, 0.2) is 15.8 Å². The van der Waals surface area contributed by atoms with E-state index in [0.29, 0.717) is 21.4 Å². The Bertz CT molecular complexity index is 1050. The molecule has 0 atom stereocenters. The van der Waals surface area contributed by atoms with Gasteiger partial charge in [-0.2, -0.15) is 5.01 Å². The second-order valence-electron chi connectivity index (χ2n) is 6.05. The Hall–Kier alpha value is -2.55. The van der Waals surface area contributed by atoms with Crippen molar-refractivity contribution in [3.05, 3.63) is 63.0 Å². The SMILES string of the molecule is Cc1ccc(C(=O)NN2C(=O)/C(=C/c3ccc4c(c3)OCO4)SC2=S)c(Cl)c1. The molecular weight excluding hydrogens is 420 g/mol. The van der Waals surface area contributed by atoms with Crippen molar-refractivity contribution < 1.29 is 19.1 Å². The van der Waals surface area contributed by atoms with E-state index >= 15 is 0 Å². The first kappa shape index (κ1) is 18.8. The Kier molecular flexibility index (Phi) is 5.01. The van der Waals surface area contributed by atoms with Gasteiger partial charge in [0.25, 0.3) is 11.8 Å². The monoisotopic (exact) mass is 432 g/mol. The molecule has 1 saturated heterocycles. The molecule has 1 N–H and O–H groups in total. The number of benzene rings is 2. The largest absolute Gasteiger partial charge is 0.454 e. The summed E-state index contributed by atoms with van der Waals surface area (Å²) in [7, 11) is 0. The van der Waals surface area contributed by atoms with E-state index in [9.17, 15) is 9.59 Å². The van der Waals surface area contributed by atoms with Crippen LogP contribution < -0.4 is 14.9 Å². The van der Waals surface area contributed by atoms with Crippen molar-refractivity contribution in [3.8, 4) is 11.5 Å². The summed E-state index contributed by atoms with van der Waals surface area (Å²) in [5.74, 6) is 0.355. The highest BCUT2D eigenvalue weighted by atomic mass is 35.5. The fourth-order valence-corrected chi connectivity index (χ4v) is 4.18. The minimum absolute atomic E-state index is 0.175. The highest BCUT2D eigenvalue weighted by Crippen LogP contribution is 2.36. The van der Waals surface area contributed by atoms with E-state index < -0.39 is 11.8 Å². The number of nitrogens with zero attached hydrogens (tertiary/aromatic N) is 1. The lowest BCUT2D eigenvalue weighted by Gasteiger charge is -2.16. The number of hydrazine groups is 1. The molecule has 0 unspecified atom stereocenters. The van der Waals surface area contributed by atoms with Gasteiger partial charge in [-0.05, 0) is 60.6 Å². The predicted molar refractivity (Wildman–Crippen MR) is 111 cm³/mol. The van der Waals surface area contributed by atoms with E-state index in [0.717, 1.165) is 27.9 Å². The summed E-state index contributed by atoms with van der Waals surface area (Å²) in [5, 5.41) is 1.36. The van der Waals surface area contributed by atoms with E-state index in [4.69, 9.17) is 33.3 Å². The van der Waals surface area contributed by atoms with Gasteiger partial charge in [-0.25, -0.2) is 0 Å². The normalized spacial score (nSPS) is 16.8. The van der Waals surface area contributed by atoms with Gasteiger partial charge in [-0.3, -0.25) is 15.0 Å². The van der Waals surface area contributed by atoms with Gasteiger partial charge < -0.3 is 9.47 Å². The van der Waals surface area contributed by atoms with Crippen LogP contribution in [0.25, 0.3) is 6.08 Å². The molecule has 4 rings (SSSR count). The first-order chi connectivity index (χ1) is 13.4. The molecule has 2 amide bonds. The van der Waals surface area contributed by atoms with E-state index in [-0.39, 0.29) is 16.7 Å². The number of thiocarbonyl (C=S) groups is 1. The Balaban J connectivity index is 1.53. The fourth-order valence-electron chi connectivity index (χ4n) is 2.68. The van der Waals surface area contributed by atoms with Crippen molar-refractivity contribution in [2.24, 2.45) is 0 Å². The van der Waals surface area contributed by atoms with Crippen molar-refractivity contribution in [2.45, 2.75) is 6.92 Å². The molecule has 0 bridgehead atoms. The van der Waals surface area contributed by atoms with Gasteiger partial charge in [0.05, 0.1) is 15.5 Å². The minimum atomic E-state index is -0.509. The van der Waals surface area contributed by atoms with Crippen molar-refractivity contribution in [1.29, 1.82) is 0 Å². The second kappa shape index (κ2) is 7.46. The standard InChI is InChI=1S/C19H13ClN2O4S2/c1-10-2-4-12(13(20)6-10)17(23)21-22-18(24)16(28-19(22)27)8-11-3-5-14-15(7-11)26-9-25-14/h2-8H,9H2,1H3,(H,21,23)/b16-8-. The molecule has 9 heteroatoms. The zero-order chi connectivity index (χ0) is 19.8. The molecule has 0 aromatic heterocycles. The Morgan fingerprint density at radius 3 is 2.82 bits per heavy atom. The molecule has 6 nitrogen and oxygen atoms in total. The number of nitrogens with one attached hydrogen (secondary N) is 1. The van der Waals surface area contributed by atoms with E-state index in [1.807, 2.05) is 13.0 Å². The molecule has 2 heterocycles. The molecule has 28 heavy (non-hydrogen) atoms. The Labute approximate surface area is 175 Å². The number of fused-ring (bicyclic) bond motifs is 1. The number of amides is 2. The second-order valence-corrected chi connectivity index (χ2v) is 8.14. The molecule has 142 valence electrons. The third kappa shape index (κ3) is 3.58. The van der Waals surface area contributed by atoms with Crippen LogP contribution in [0.1, 0.15) is 21.5 Å². The zero-order valence-electron chi connectivity index (χ0n) is 14.5. The summed E-state index contributed by atoms with van der Waals surface area (Å²) in [6, 6.07) is 10.4. The number of aryl methyl sites for hydroxylation is 1. The predicted octanol–water partition coefficient (Wildman–Crippen LogP) is 3.92. The smallest absolute Gasteiger partial charge is 0.285 e. The van der Waals surface area contributed by atoms with Crippen molar-refractivity contribution in [1.82, 2.24) is 10.4 Å². The van der Waals surface area contributed by atoms with Crippen molar-refractivity contribution in [3.63, 3.8) is 0 Å². The first-order valence-corrected chi connectivity index (χ1v) is 9.77. The number of carbonyl (C=O) groups is 2. The number of ether oxygens (including phenoxy) is 2. The quantitative estimate of drug-likeness (QED) is 0.585. The van der Waals surface area contributed by atoms with Crippen LogP contribution in [0.15, 0.2) is 41.3 Å². The zero-order valence-corrected chi connectivity index (χ0v) is 16.9. The lowest BCUT2D eigenvalue weighted by Crippen LogP contribution is -2.44. The van der Waals surface area contributed by atoms with Crippen LogP contribution in [-0.4, -0.2) is 27.9 Å². The van der Waals surface area contributed by atoms with Gasteiger partial charge in [0.2, 0.25) is 6.79 Å². The topological polar surface area (TPSA) is 67.9 Å². The van der Waals surface area contributed by atoms with Gasteiger partial charge in [-0.1, -0.05) is 35.5 Å². The molecule has 0 saturated carbocycles. The fraction of sp³-hybridized carbons (Fsp3) is 0.105. The molecule has 2 aromatic rings. The van der Waals surface area contributed by atoms with Crippen LogP contribution in [0, 0.1) is 6.92 Å². The lowest BCUT2D eigenvalue weighted by molar-refractivity contribution is -0.123. The molecule has 2 aromatic carbocycles. The van der Waals surface area contributed by atoms with Crippen LogP contribution in [0.2, 0.25) is 5.02 Å². The van der Waals surface area contributed by atoms with E-state index in [1.54, 1.807) is 36.4 Å². The first-order valence-electron chi connectivity index (χ1n) is 8.17. The average molecular weight is 433 g/mol. The van der Waals surface area contributed by atoms with Crippen LogP contribution in [0.3, 0.4) is 0 Å². The molecule has 2 aliphatic rings. The Morgan fingerprint density at radius 1 is 1.25 bits per heavy atom. The number of hydrogen-bond donors (Lipinski definition) is 1. The van der Waals surface area contributed by atoms with Gasteiger partial charge in [0.1, 0.15) is 0 Å². The average Bonchev–Trinajstić information content (AvgIpc) is 3.21. The maximum atomic E-state index is 12.7. The molecule has 0 spiro atoms.